The van der Waals surface area contributed by atoms with Crippen LogP contribution in [-0.2, 0) is 11.2 Å². The number of rotatable bonds is 5. The van der Waals surface area contributed by atoms with Gasteiger partial charge in [-0.15, -0.1) is 0 Å². The van der Waals surface area contributed by atoms with E-state index in [1.807, 2.05) is 12.1 Å². The van der Waals surface area contributed by atoms with E-state index in [2.05, 4.69) is 37.8 Å². The Hall–Kier alpha value is -4.16. The van der Waals surface area contributed by atoms with Gasteiger partial charge < -0.3 is 30.4 Å². The molecule has 0 spiro atoms. The van der Waals surface area contributed by atoms with Crippen LogP contribution in [0.4, 0.5) is 16.2 Å². The highest BCUT2D eigenvalue weighted by atomic mass is 35.5. The van der Waals surface area contributed by atoms with Crippen LogP contribution < -0.4 is 20.7 Å². The number of methoxy groups -OCH3 is 1. The van der Waals surface area contributed by atoms with Crippen molar-refractivity contribution >= 4 is 35.0 Å². The lowest BCUT2D eigenvalue weighted by Gasteiger charge is -2.20. The molecule has 1 atom stereocenters. The van der Waals surface area contributed by atoms with E-state index in [0.29, 0.717) is 51.9 Å². The molecule has 1 unspecified atom stereocenters. The van der Waals surface area contributed by atoms with Gasteiger partial charge in [-0.1, -0.05) is 29.5 Å². The summed E-state index contributed by atoms with van der Waals surface area (Å²) in [7, 11) is 1.54. The first-order chi connectivity index (χ1) is 18.1. The maximum atomic E-state index is 12.9. The molecular weight excluding hydrogens is 506 g/mol. The summed E-state index contributed by atoms with van der Waals surface area (Å²) in [6, 6.07) is 6.70. The fraction of sp³-hybridized carbons (Fsp3) is 0.321. The number of alkyl carbamates (subject to hydrolysis) is 1. The fourth-order valence-electron chi connectivity index (χ4n) is 4.07. The Bertz CT molecular complexity index is 1430. The Morgan fingerprint density at radius 1 is 1.26 bits per heavy atom. The lowest BCUT2D eigenvalue weighted by atomic mass is 10.0. The summed E-state index contributed by atoms with van der Waals surface area (Å²) < 4.78 is 10.8. The van der Waals surface area contributed by atoms with E-state index >= 15 is 0 Å². The SMILES string of the molecule is COc1c(Cl)cccc1Nc1c(-c2ccncc2C#CC(C)NC(=O)OC(C)(C)C)[nH]c2c1C(=O)NCC2. The number of ether oxygens (including phenoxy) is 2. The monoisotopic (exact) mass is 535 g/mol. The molecule has 1 aliphatic rings. The van der Waals surface area contributed by atoms with Crippen LogP contribution in [-0.4, -0.2) is 47.3 Å². The zero-order valence-corrected chi connectivity index (χ0v) is 22.7. The second kappa shape index (κ2) is 11.1. The van der Waals surface area contributed by atoms with Gasteiger partial charge in [0.05, 0.1) is 46.4 Å². The van der Waals surface area contributed by atoms with Gasteiger partial charge in [-0.25, -0.2) is 4.79 Å². The van der Waals surface area contributed by atoms with Crippen molar-refractivity contribution in [3.8, 4) is 28.8 Å². The van der Waals surface area contributed by atoms with Crippen LogP contribution >= 0.6 is 11.6 Å². The Morgan fingerprint density at radius 3 is 2.79 bits per heavy atom. The molecule has 4 N–H and O–H groups in total. The lowest BCUT2D eigenvalue weighted by molar-refractivity contribution is 0.0519. The molecule has 1 aromatic carbocycles. The van der Waals surface area contributed by atoms with Crippen LogP contribution in [0.15, 0.2) is 36.7 Å². The number of carbonyl (C=O) groups excluding carboxylic acids is 2. The quantitative estimate of drug-likeness (QED) is 0.340. The van der Waals surface area contributed by atoms with E-state index in [1.54, 1.807) is 52.2 Å². The van der Waals surface area contributed by atoms with Gasteiger partial charge in [-0.2, -0.15) is 0 Å². The summed E-state index contributed by atoms with van der Waals surface area (Å²) in [6.45, 7) is 7.69. The molecule has 2 aromatic heterocycles. The number of aromatic amines is 1. The number of pyridine rings is 1. The number of para-hydroxylation sites is 1. The number of anilines is 2. The van der Waals surface area contributed by atoms with Gasteiger partial charge in [0.1, 0.15) is 5.60 Å². The molecule has 0 radical (unpaired) electrons. The zero-order valence-electron chi connectivity index (χ0n) is 21.9. The van der Waals surface area contributed by atoms with E-state index in [-0.39, 0.29) is 5.91 Å². The van der Waals surface area contributed by atoms with E-state index in [0.717, 1.165) is 11.3 Å². The van der Waals surface area contributed by atoms with Crippen molar-refractivity contribution in [2.75, 3.05) is 19.0 Å². The standard InChI is InChI=1S/C28H30ClN5O4/c1-16(32-27(36)38-28(2,3)4)9-10-17-15-30-13-11-18(17)23-24(22-20(33-23)12-14-31-26(22)35)34-21-8-6-7-19(29)25(21)37-5/h6-8,11,13,15-16,33-34H,12,14H2,1-5H3,(H,31,35)(H,32,36). The van der Waals surface area contributed by atoms with Crippen LogP contribution in [0.2, 0.25) is 5.02 Å². The molecule has 0 saturated heterocycles. The summed E-state index contributed by atoms with van der Waals surface area (Å²) in [4.78, 5) is 32.7. The van der Waals surface area contributed by atoms with E-state index in [1.165, 1.54) is 7.11 Å². The maximum absolute atomic E-state index is 12.9. The molecule has 0 aliphatic carbocycles. The second-order valence-electron chi connectivity index (χ2n) is 9.74. The molecule has 3 heterocycles. The van der Waals surface area contributed by atoms with Crippen LogP contribution in [0.3, 0.4) is 0 Å². The molecule has 1 aliphatic heterocycles. The minimum absolute atomic E-state index is 0.186. The van der Waals surface area contributed by atoms with Gasteiger partial charge in [0.2, 0.25) is 0 Å². The Balaban J connectivity index is 1.74. The molecule has 198 valence electrons. The topological polar surface area (TPSA) is 117 Å². The van der Waals surface area contributed by atoms with Crippen LogP contribution in [0.25, 0.3) is 11.3 Å². The molecule has 0 saturated carbocycles. The maximum Gasteiger partial charge on any atom is 0.408 e. The first kappa shape index (κ1) is 26.9. The summed E-state index contributed by atoms with van der Waals surface area (Å²) in [5.74, 6) is 6.43. The molecule has 3 aromatic rings. The van der Waals surface area contributed by atoms with Crippen molar-refractivity contribution in [3.63, 3.8) is 0 Å². The average Bonchev–Trinajstić information content (AvgIpc) is 3.21. The number of halogens is 1. The Morgan fingerprint density at radius 2 is 2.05 bits per heavy atom. The van der Waals surface area contributed by atoms with Gasteiger partial charge in [-0.3, -0.25) is 9.78 Å². The minimum atomic E-state index is -0.609. The van der Waals surface area contributed by atoms with Crippen LogP contribution in [0, 0.1) is 11.8 Å². The highest BCUT2D eigenvalue weighted by molar-refractivity contribution is 6.32. The molecule has 0 fully saturated rings. The van der Waals surface area contributed by atoms with Crippen molar-refractivity contribution in [1.29, 1.82) is 0 Å². The molecule has 10 heteroatoms. The number of hydrogen-bond donors (Lipinski definition) is 4. The minimum Gasteiger partial charge on any atom is -0.493 e. The van der Waals surface area contributed by atoms with E-state index < -0.39 is 17.7 Å². The Labute approximate surface area is 226 Å². The number of carbonyl (C=O) groups is 2. The van der Waals surface area contributed by atoms with Gasteiger partial charge in [0, 0.05) is 36.6 Å². The largest absolute Gasteiger partial charge is 0.493 e. The summed E-state index contributed by atoms with van der Waals surface area (Å²) in [5.41, 5.74) is 3.93. The Kier molecular flexibility index (Phi) is 7.83. The number of amides is 2. The molecule has 0 bridgehead atoms. The average molecular weight is 536 g/mol. The second-order valence-corrected chi connectivity index (χ2v) is 10.1. The predicted molar refractivity (Wildman–Crippen MR) is 147 cm³/mol. The first-order valence-electron chi connectivity index (χ1n) is 12.2. The number of nitrogens with zero attached hydrogens (tertiary/aromatic N) is 1. The number of nitrogens with one attached hydrogen (secondary N) is 4. The predicted octanol–water partition coefficient (Wildman–Crippen LogP) is 5.03. The van der Waals surface area contributed by atoms with Crippen molar-refractivity contribution in [3.05, 3.63) is 58.5 Å². The van der Waals surface area contributed by atoms with Crippen molar-refractivity contribution < 1.29 is 19.1 Å². The summed E-state index contributed by atoms with van der Waals surface area (Å²) in [6.07, 6.45) is 3.40. The number of benzene rings is 1. The number of H-pyrrole nitrogens is 1. The third-order valence-electron chi connectivity index (χ3n) is 5.64. The molecular formula is C28H30ClN5O4. The van der Waals surface area contributed by atoms with E-state index in [9.17, 15) is 9.59 Å². The molecule has 38 heavy (non-hydrogen) atoms. The van der Waals surface area contributed by atoms with Gasteiger partial charge >= 0.3 is 6.09 Å². The van der Waals surface area contributed by atoms with Crippen LogP contribution in [0.1, 0.15) is 49.3 Å². The smallest absolute Gasteiger partial charge is 0.408 e. The van der Waals surface area contributed by atoms with Gasteiger partial charge in [-0.05, 0) is 45.9 Å². The molecule has 4 rings (SSSR count). The first-order valence-corrected chi connectivity index (χ1v) is 12.5. The van der Waals surface area contributed by atoms with E-state index in [4.69, 9.17) is 21.1 Å². The van der Waals surface area contributed by atoms with Crippen molar-refractivity contribution in [2.45, 2.75) is 45.8 Å². The third kappa shape index (κ3) is 6.03. The number of hydrogen-bond acceptors (Lipinski definition) is 6. The fourth-order valence-corrected chi connectivity index (χ4v) is 4.33. The summed E-state index contributed by atoms with van der Waals surface area (Å²) >= 11 is 6.35. The highest BCUT2D eigenvalue weighted by Gasteiger charge is 2.28. The van der Waals surface area contributed by atoms with Crippen molar-refractivity contribution in [1.82, 2.24) is 20.6 Å². The lowest BCUT2D eigenvalue weighted by Crippen LogP contribution is -2.37. The normalized spacial score (nSPS) is 13.4. The number of fused-ring (bicyclic) bond motifs is 1. The van der Waals surface area contributed by atoms with Crippen LogP contribution in [0.5, 0.6) is 5.75 Å². The molecule has 9 nitrogen and oxygen atoms in total. The number of aromatic nitrogens is 2. The van der Waals surface area contributed by atoms with Gasteiger partial charge in [0.15, 0.2) is 5.75 Å². The zero-order chi connectivity index (χ0) is 27.4. The summed E-state index contributed by atoms with van der Waals surface area (Å²) in [5, 5.41) is 9.43. The van der Waals surface area contributed by atoms with Gasteiger partial charge in [0.25, 0.3) is 5.91 Å². The molecule has 2 amide bonds. The highest BCUT2D eigenvalue weighted by Crippen LogP contribution is 2.41. The third-order valence-corrected chi connectivity index (χ3v) is 5.94. The van der Waals surface area contributed by atoms with Crippen molar-refractivity contribution in [2.24, 2.45) is 0 Å².